The molecule has 0 spiro atoms. The number of nitriles is 1. The van der Waals surface area contributed by atoms with E-state index in [1.807, 2.05) is 6.92 Å². The van der Waals surface area contributed by atoms with E-state index in [0.717, 1.165) is 26.2 Å². The van der Waals surface area contributed by atoms with Gasteiger partial charge in [-0.25, -0.2) is 0 Å². The lowest BCUT2D eigenvalue weighted by Crippen LogP contribution is -2.37. The summed E-state index contributed by atoms with van der Waals surface area (Å²) in [6, 6.07) is 2.57. The van der Waals surface area contributed by atoms with Crippen LogP contribution in [0.2, 0.25) is 0 Å². The fraction of sp³-hybridized carbons (Fsp3) is 0.917. The maximum Gasteiger partial charge on any atom is 0.0621 e. The minimum Gasteiger partial charge on any atom is -0.380 e. The van der Waals surface area contributed by atoms with Crippen LogP contribution < -0.4 is 5.32 Å². The highest BCUT2D eigenvalue weighted by Gasteiger charge is 2.17. The molecule has 0 aliphatic carbocycles. The highest BCUT2D eigenvalue weighted by atomic mass is 16.5. The Kier molecular flexibility index (Phi) is 7.37. The van der Waals surface area contributed by atoms with Crippen LogP contribution in [-0.2, 0) is 4.74 Å². The Balaban J connectivity index is 3.67. The Bertz CT molecular complexity index is 196. The third-order valence-corrected chi connectivity index (χ3v) is 2.41. The molecule has 0 heterocycles. The van der Waals surface area contributed by atoms with Crippen LogP contribution in [0.3, 0.4) is 0 Å². The molecule has 0 bridgehead atoms. The Hall–Kier alpha value is -0.590. The summed E-state index contributed by atoms with van der Waals surface area (Å²) in [6.07, 6.45) is 1.58. The minimum atomic E-state index is 0.191. The van der Waals surface area contributed by atoms with Crippen LogP contribution in [0, 0.1) is 16.7 Å². The third-order valence-electron chi connectivity index (χ3n) is 2.41. The van der Waals surface area contributed by atoms with Crippen molar-refractivity contribution in [2.45, 2.75) is 46.6 Å². The predicted octanol–water partition coefficient (Wildman–Crippen LogP) is 2.33. The molecule has 0 aliphatic rings. The first kappa shape index (κ1) is 14.4. The van der Waals surface area contributed by atoms with E-state index in [2.05, 4.69) is 32.2 Å². The summed E-state index contributed by atoms with van der Waals surface area (Å²) in [6.45, 7) is 11.0. The first-order valence-corrected chi connectivity index (χ1v) is 5.70. The van der Waals surface area contributed by atoms with Crippen LogP contribution in [0.1, 0.15) is 40.5 Å². The van der Waals surface area contributed by atoms with Crippen molar-refractivity contribution < 1.29 is 4.74 Å². The molecule has 1 atom stereocenters. The third kappa shape index (κ3) is 8.41. The van der Waals surface area contributed by atoms with Crippen molar-refractivity contribution in [2.24, 2.45) is 5.41 Å². The number of ether oxygens (including phenoxy) is 1. The SMILES string of the molecule is CCOCC(C)NCC(C)(C)CCC#N. The van der Waals surface area contributed by atoms with Gasteiger partial charge in [0.2, 0.25) is 0 Å². The summed E-state index contributed by atoms with van der Waals surface area (Å²) in [4.78, 5) is 0. The van der Waals surface area contributed by atoms with Gasteiger partial charge in [0.05, 0.1) is 12.7 Å². The van der Waals surface area contributed by atoms with Crippen molar-refractivity contribution in [3.05, 3.63) is 0 Å². The van der Waals surface area contributed by atoms with Gasteiger partial charge < -0.3 is 10.1 Å². The average Bonchev–Trinajstić information content (AvgIpc) is 2.21. The van der Waals surface area contributed by atoms with Crippen LogP contribution in [0.25, 0.3) is 0 Å². The lowest BCUT2D eigenvalue weighted by atomic mass is 9.88. The van der Waals surface area contributed by atoms with Gasteiger partial charge >= 0.3 is 0 Å². The fourth-order valence-electron chi connectivity index (χ4n) is 1.29. The first-order chi connectivity index (χ1) is 7.02. The topological polar surface area (TPSA) is 45.0 Å². The molecule has 0 saturated carbocycles. The largest absolute Gasteiger partial charge is 0.380 e. The number of rotatable bonds is 8. The molecule has 1 N–H and O–H groups in total. The Labute approximate surface area is 93.8 Å². The van der Waals surface area contributed by atoms with E-state index in [0.29, 0.717) is 12.5 Å². The molecule has 3 heteroatoms. The van der Waals surface area contributed by atoms with Crippen LogP contribution >= 0.6 is 0 Å². The van der Waals surface area contributed by atoms with Crippen molar-refractivity contribution in [3.63, 3.8) is 0 Å². The summed E-state index contributed by atoms with van der Waals surface area (Å²) in [5.74, 6) is 0. The number of hydrogen-bond donors (Lipinski definition) is 1. The van der Waals surface area contributed by atoms with Gasteiger partial charge in [0.25, 0.3) is 0 Å². The second kappa shape index (κ2) is 7.67. The second-order valence-electron chi connectivity index (χ2n) is 4.76. The average molecular weight is 212 g/mol. The molecule has 0 radical (unpaired) electrons. The molecular weight excluding hydrogens is 188 g/mol. The van der Waals surface area contributed by atoms with Gasteiger partial charge in [-0.05, 0) is 25.7 Å². The zero-order chi connectivity index (χ0) is 11.7. The maximum absolute atomic E-state index is 8.53. The van der Waals surface area contributed by atoms with E-state index in [1.54, 1.807) is 0 Å². The molecule has 1 unspecified atom stereocenters. The lowest BCUT2D eigenvalue weighted by Gasteiger charge is -2.26. The van der Waals surface area contributed by atoms with E-state index >= 15 is 0 Å². The zero-order valence-electron chi connectivity index (χ0n) is 10.5. The highest BCUT2D eigenvalue weighted by Crippen LogP contribution is 2.20. The van der Waals surface area contributed by atoms with Gasteiger partial charge in [0, 0.05) is 25.6 Å². The van der Waals surface area contributed by atoms with E-state index in [-0.39, 0.29) is 5.41 Å². The van der Waals surface area contributed by atoms with Gasteiger partial charge in [0.1, 0.15) is 0 Å². The standard InChI is InChI=1S/C12H24N2O/c1-5-15-9-11(2)14-10-12(3,4)7-6-8-13/h11,14H,5-7,9-10H2,1-4H3. The summed E-state index contributed by atoms with van der Waals surface area (Å²) in [7, 11) is 0. The molecule has 0 aromatic heterocycles. The van der Waals surface area contributed by atoms with Gasteiger partial charge in [-0.15, -0.1) is 0 Å². The molecule has 0 aromatic rings. The van der Waals surface area contributed by atoms with Crippen LogP contribution in [0.4, 0.5) is 0 Å². The summed E-state index contributed by atoms with van der Waals surface area (Å²) in [5.41, 5.74) is 0.191. The van der Waals surface area contributed by atoms with Crippen LogP contribution in [0.5, 0.6) is 0 Å². The van der Waals surface area contributed by atoms with Crippen molar-refractivity contribution in [1.82, 2.24) is 5.32 Å². The molecule has 0 amide bonds. The maximum atomic E-state index is 8.53. The lowest BCUT2D eigenvalue weighted by molar-refractivity contribution is 0.123. The fourth-order valence-corrected chi connectivity index (χ4v) is 1.29. The zero-order valence-corrected chi connectivity index (χ0v) is 10.5. The van der Waals surface area contributed by atoms with Gasteiger partial charge in [-0.3, -0.25) is 0 Å². The quantitative estimate of drug-likeness (QED) is 0.671. The highest BCUT2D eigenvalue weighted by molar-refractivity contribution is 4.79. The molecule has 88 valence electrons. The monoisotopic (exact) mass is 212 g/mol. The van der Waals surface area contributed by atoms with Crippen LogP contribution in [0.15, 0.2) is 0 Å². The van der Waals surface area contributed by atoms with E-state index < -0.39 is 0 Å². The summed E-state index contributed by atoms with van der Waals surface area (Å²) >= 11 is 0. The van der Waals surface area contributed by atoms with E-state index in [1.165, 1.54) is 0 Å². The first-order valence-electron chi connectivity index (χ1n) is 5.70. The molecular formula is C12H24N2O. The molecule has 3 nitrogen and oxygen atoms in total. The number of hydrogen-bond acceptors (Lipinski definition) is 3. The van der Waals surface area contributed by atoms with Crippen molar-refractivity contribution in [2.75, 3.05) is 19.8 Å². The van der Waals surface area contributed by atoms with Gasteiger partial charge in [0.15, 0.2) is 0 Å². The van der Waals surface area contributed by atoms with E-state index in [9.17, 15) is 0 Å². The minimum absolute atomic E-state index is 0.191. The number of nitrogens with zero attached hydrogens (tertiary/aromatic N) is 1. The van der Waals surface area contributed by atoms with Crippen molar-refractivity contribution in [1.29, 1.82) is 5.26 Å². The molecule has 0 saturated heterocycles. The molecule has 0 aliphatic heterocycles. The Morgan fingerprint density at radius 2 is 2.13 bits per heavy atom. The molecule has 0 rings (SSSR count). The summed E-state index contributed by atoms with van der Waals surface area (Å²) in [5, 5.41) is 12.0. The number of nitrogens with one attached hydrogen (secondary N) is 1. The van der Waals surface area contributed by atoms with Gasteiger partial charge in [-0.1, -0.05) is 13.8 Å². The molecule has 0 fully saturated rings. The smallest absolute Gasteiger partial charge is 0.0621 e. The normalized spacial score (nSPS) is 13.5. The van der Waals surface area contributed by atoms with Crippen LogP contribution in [-0.4, -0.2) is 25.8 Å². The Morgan fingerprint density at radius 3 is 2.67 bits per heavy atom. The summed E-state index contributed by atoms with van der Waals surface area (Å²) < 4.78 is 5.33. The van der Waals surface area contributed by atoms with E-state index in [4.69, 9.17) is 10.00 Å². The van der Waals surface area contributed by atoms with Crippen molar-refractivity contribution >= 4 is 0 Å². The molecule has 15 heavy (non-hydrogen) atoms. The van der Waals surface area contributed by atoms with Gasteiger partial charge in [-0.2, -0.15) is 5.26 Å². The molecule has 0 aromatic carbocycles. The van der Waals surface area contributed by atoms with Crippen molar-refractivity contribution in [3.8, 4) is 6.07 Å². The second-order valence-corrected chi connectivity index (χ2v) is 4.76. The predicted molar refractivity (Wildman–Crippen MR) is 62.6 cm³/mol. The Morgan fingerprint density at radius 1 is 1.47 bits per heavy atom.